The molecule has 318 valence electrons. The summed E-state index contributed by atoms with van der Waals surface area (Å²) in [7, 11) is 0. The molecule has 2 aliphatic rings. The maximum Gasteiger partial charge on any atom is 0.306 e. The quantitative estimate of drug-likeness (QED) is 0.0837. The van der Waals surface area contributed by atoms with E-state index in [-0.39, 0.29) is 23.6 Å². The maximum absolute atomic E-state index is 12.6. The van der Waals surface area contributed by atoms with Crippen LogP contribution in [0.5, 0.6) is 0 Å². The number of carbonyl (C=O) groups is 3. The lowest BCUT2D eigenvalue weighted by atomic mass is 9.75. The van der Waals surface area contributed by atoms with Crippen molar-refractivity contribution in [3.63, 3.8) is 0 Å². The molecule has 0 spiro atoms. The zero-order chi connectivity index (χ0) is 43.0. The van der Waals surface area contributed by atoms with E-state index in [4.69, 9.17) is 10.5 Å². The number of ether oxygens (including phenoxy) is 1. The van der Waals surface area contributed by atoms with Crippen LogP contribution >= 0.6 is 0 Å². The first-order valence-electron chi connectivity index (χ1n) is 22.7. The highest BCUT2D eigenvalue weighted by Gasteiger charge is 2.30. The largest absolute Gasteiger partial charge is 0.461 e. The number of carbonyl (C=O) groups excluding carboxylic acids is 3. The van der Waals surface area contributed by atoms with E-state index >= 15 is 0 Å². The first-order chi connectivity index (χ1) is 30.3. The number of aromatic amines is 2. The van der Waals surface area contributed by atoms with Crippen molar-refractivity contribution in [2.45, 2.75) is 109 Å². The predicted octanol–water partition coefficient (Wildman–Crippen LogP) is 13.2. The predicted molar refractivity (Wildman–Crippen MR) is 251 cm³/mol. The van der Waals surface area contributed by atoms with Crippen LogP contribution in [-0.4, -0.2) is 33.5 Å². The number of esters is 1. The summed E-state index contributed by atoms with van der Waals surface area (Å²) < 4.78 is 5.59. The smallest absolute Gasteiger partial charge is 0.306 e. The molecular weight excluding hydrogens is 767 g/mol. The van der Waals surface area contributed by atoms with Gasteiger partial charge in [0.2, 0.25) is 0 Å². The van der Waals surface area contributed by atoms with E-state index < -0.39 is 0 Å². The Morgan fingerprint density at radius 3 is 1.58 bits per heavy atom. The van der Waals surface area contributed by atoms with Gasteiger partial charge in [0.15, 0.2) is 11.6 Å². The number of aromatic nitrogens is 2. The van der Waals surface area contributed by atoms with E-state index in [1.807, 2.05) is 80.6 Å². The molecule has 0 bridgehead atoms. The summed E-state index contributed by atoms with van der Waals surface area (Å²) in [5.41, 5.74) is 18.2. The first kappa shape index (κ1) is 42.6. The Kier molecular flexibility index (Phi) is 13.6. The van der Waals surface area contributed by atoms with Crippen LogP contribution in [0.2, 0.25) is 0 Å². The fourth-order valence-corrected chi connectivity index (χ4v) is 9.97. The van der Waals surface area contributed by atoms with Crippen molar-refractivity contribution >= 4 is 39.3 Å². The Hall–Kier alpha value is -6.05. The van der Waals surface area contributed by atoms with Crippen LogP contribution in [0.1, 0.15) is 134 Å². The molecule has 62 heavy (non-hydrogen) atoms. The molecule has 7 heteroatoms. The van der Waals surface area contributed by atoms with Crippen LogP contribution in [-0.2, 0) is 16.1 Å². The molecule has 7 nitrogen and oxygen atoms in total. The molecule has 4 N–H and O–H groups in total. The molecular formula is C55H59N3O4. The van der Waals surface area contributed by atoms with Crippen LogP contribution in [0.4, 0.5) is 0 Å². The van der Waals surface area contributed by atoms with Gasteiger partial charge in [-0.25, -0.2) is 0 Å². The van der Waals surface area contributed by atoms with E-state index in [9.17, 15) is 14.4 Å². The van der Waals surface area contributed by atoms with Gasteiger partial charge in [0.25, 0.3) is 0 Å². The van der Waals surface area contributed by atoms with Gasteiger partial charge in [-0.05, 0) is 96.2 Å². The highest BCUT2D eigenvalue weighted by Crippen LogP contribution is 2.45. The molecule has 2 saturated carbocycles. The van der Waals surface area contributed by atoms with Crippen molar-refractivity contribution < 1.29 is 19.1 Å². The van der Waals surface area contributed by atoms with Gasteiger partial charge in [-0.3, -0.25) is 14.4 Å². The number of fused-ring (bicyclic) bond motifs is 2. The monoisotopic (exact) mass is 825 g/mol. The highest BCUT2D eigenvalue weighted by molar-refractivity contribution is 6.02. The Morgan fingerprint density at radius 2 is 1.08 bits per heavy atom. The van der Waals surface area contributed by atoms with Gasteiger partial charge in [0, 0.05) is 69.6 Å². The molecule has 7 aromatic rings. The lowest BCUT2D eigenvalue weighted by Crippen LogP contribution is -2.26. The zero-order valence-electron chi connectivity index (χ0n) is 36.1. The standard InChI is InChI=1S/C32H33NO3.C23H26N2O/c1-2-29(34)25-16-17-27-28(20-25)33-32(24-13-7-4-8-14-24)31(27)26-15-9-12-23(18-26)19-30(35)36-21-22-10-5-3-6-11-22;1-2-21(26)16-11-12-19-20(14-16)25-23(15-7-4-3-5-8-15)22(19)17-9-6-10-18(24)13-17/h3-8,10-11,13-14,16-17,20,23,26,33H,2,9,12,15,18-19,21H2,1H3;3-5,7-8,11-12,14,17-18,25H,2,6,9-10,13,24H2,1H3. The van der Waals surface area contributed by atoms with Crippen molar-refractivity contribution in [2.75, 3.05) is 0 Å². The van der Waals surface area contributed by atoms with Crippen LogP contribution in [0.3, 0.4) is 0 Å². The van der Waals surface area contributed by atoms with Gasteiger partial charge in [0.1, 0.15) is 6.61 Å². The number of benzene rings is 5. The number of nitrogens with two attached hydrogens (primary N) is 1. The summed E-state index contributed by atoms with van der Waals surface area (Å²) in [6, 6.07) is 43.2. The Bertz CT molecular complexity index is 2630. The Morgan fingerprint density at radius 1 is 0.597 bits per heavy atom. The van der Waals surface area contributed by atoms with Crippen LogP contribution in [0, 0.1) is 5.92 Å². The molecule has 0 amide bonds. The number of Topliss-reactive ketones (excluding diaryl/α,β-unsaturated/α-hetero) is 2. The number of ketones is 2. The number of hydrogen-bond acceptors (Lipinski definition) is 5. The fraction of sp³-hybridized carbons (Fsp3) is 0.327. The number of hydrogen-bond donors (Lipinski definition) is 3. The third-order valence-corrected chi connectivity index (χ3v) is 13.1. The minimum Gasteiger partial charge on any atom is -0.461 e. The molecule has 0 radical (unpaired) electrons. The van der Waals surface area contributed by atoms with Gasteiger partial charge in [-0.1, -0.05) is 142 Å². The Labute approximate surface area is 365 Å². The average molecular weight is 826 g/mol. The fourth-order valence-electron chi connectivity index (χ4n) is 9.97. The summed E-state index contributed by atoms with van der Waals surface area (Å²) >= 11 is 0. The highest BCUT2D eigenvalue weighted by atomic mass is 16.5. The van der Waals surface area contributed by atoms with Gasteiger partial charge in [0.05, 0.1) is 0 Å². The normalized spacial score (nSPS) is 18.8. The summed E-state index contributed by atoms with van der Waals surface area (Å²) in [5, 5.41) is 2.41. The molecule has 9 rings (SSSR count). The third-order valence-electron chi connectivity index (χ3n) is 13.1. The lowest BCUT2D eigenvalue weighted by Gasteiger charge is -2.29. The molecule has 5 aromatic carbocycles. The topological polar surface area (TPSA) is 118 Å². The zero-order valence-corrected chi connectivity index (χ0v) is 36.1. The molecule has 0 aliphatic heterocycles. The van der Waals surface area contributed by atoms with Gasteiger partial charge in [-0.15, -0.1) is 0 Å². The van der Waals surface area contributed by atoms with E-state index in [0.717, 1.165) is 77.5 Å². The van der Waals surface area contributed by atoms with E-state index in [1.165, 1.54) is 46.0 Å². The average Bonchev–Trinajstić information content (AvgIpc) is 3.90. The second kappa shape index (κ2) is 19.8. The van der Waals surface area contributed by atoms with Crippen molar-refractivity contribution in [1.82, 2.24) is 9.97 Å². The van der Waals surface area contributed by atoms with Crippen molar-refractivity contribution in [3.8, 4) is 22.5 Å². The van der Waals surface area contributed by atoms with Crippen LogP contribution in [0.15, 0.2) is 127 Å². The maximum atomic E-state index is 12.6. The van der Waals surface area contributed by atoms with Crippen LogP contribution < -0.4 is 5.73 Å². The third kappa shape index (κ3) is 9.69. The van der Waals surface area contributed by atoms with Crippen LogP contribution in [0.25, 0.3) is 44.3 Å². The molecule has 2 aliphatic carbocycles. The number of rotatable bonds is 12. The lowest BCUT2D eigenvalue weighted by molar-refractivity contribution is -0.146. The summed E-state index contributed by atoms with van der Waals surface area (Å²) in [4.78, 5) is 44.4. The summed E-state index contributed by atoms with van der Waals surface area (Å²) in [6.45, 7) is 4.13. The van der Waals surface area contributed by atoms with Gasteiger partial charge in [-0.2, -0.15) is 0 Å². The van der Waals surface area contributed by atoms with Gasteiger partial charge < -0.3 is 20.4 Å². The minimum absolute atomic E-state index is 0.116. The SMILES string of the molecule is CCC(=O)c1ccc2c(C3CCCC(CC(=O)OCc4ccccc4)C3)c(-c3ccccc3)[nH]c2c1.CCC(=O)c1ccc2c(C3CCCC(N)C3)c(-c3ccccc3)[nH]c2c1. The van der Waals surface area contributed by atoms with Crippen molar-refractivity contribution in [3.05, 3.63) is 155 Å². The molecule has 2 heterocycles. The molecule has 0 saturated heterocycles. The first-order valence-corrected chi connectivity index (χ1v) is 22.7. The summed E-state index contributed by atoms with van der Waals surface area (Å²) in [5.74, 6) is 1.35. The number of nitrogens with one attached hydrogen (secondary N) is 2. The second-order valence-electron chi connectivity index (χ2n) is 17.3. The summed E-state index contributed by atoms with van der Waals surface area (Å²) in [6.07, 6.45) is 10.2. The molecule has 2 fully saturated rings. The van der Waals surface area contributed by atoms with Crippen molar-refractivity contribution in [1.29, 1.82) is 0 Å². The second-order valence-corrected chi connectivity index (χ2v) is 17.3. The number of H-pyrrole nitrogens is 2. The van der Waals surface area contributed by atoms with Crippen molar-refractivity contribution in [2.24, 2.45) is 11.7 Å². The molecule has 2 aromatic heterocycles. The van der Waals surface area contributed by atoms with Gasteiger partial charge >= 0.3 is 5.97 Å². The van der Waals surface area contributed by atoms with E-state index in [0.29, 0.717) is 43.6 Å². The van der Waals surface area contributed by atoms with E-state index in [1.54, 1.807) is 0 Å². The molecule has 4 atom stereocenters. The molecule has 4 unspecified atom stereocenters. The Balaban J connectivity index is 0.000000180. The minimum atomic E-state index is -0.116. The van der Waals surface area contributed by atoms with E-state index in [2.05, 4.69) is 70.6 Å².